The number of hydrogen-bond donors (Lipinski definition) is 2. The summed E-state index contributed by atoms with van der Waals surface area (Å²) in [5, 5.41) is 12.7. The molecule has 0 bridgehead atoms. The highest BCUT2D eigenvalue weighted by molar-refractivity contribution is 5.89. The Kier molecular flexibility index (Phi) is 5.66. The molecular formula is C17H26N2O3. The van der Waals surface area contributed by atoms with Gasteiger partial charge in [-0.05, 0) is 50.5 Å². The molecule has 1 aromatic rings. The van der Waals surface area contributed by atoms with Gasteiger partial charge in [0.1, 0.15) is 5.75 Å². The Labute approximate surface area is 132 Å². The van der Waals surface area contributed by atoms with E-state index in [1.165, 1.54) is 0 Å². The van der Waals surface area contributed by atoms with E-state index in [2.05, 4.69) is 5.32 Å². The van der Waals surface area contributed by atoms with E-state index in [1.807, 2.05) is 32.0 Å². The Morgan fingerprint density at radius 3 is 2.82 bits per heavy atom. The molecule has 2 unspecified atom stereocenters. The molecule has 1 aliphatic rings. The number of carbonyl (C=O) groups is 1. The van der Waals surface area contributed by atoms with E-state index in [4.69, 9.17) is 4.74 Å². The number of aryl methyl sites for hydroxylation is 1. The van der Waals surface area contributed by atoms with Crippen LogP contribution in [0.2, 0.25) is 0 Å². The molecule has 2 amide bonds. The summed E-state index contributed by atoms with van der Waals surface area (Å²) in [6.45, 7) is 5.11. The summed E-state index contributed by atoms with van der Waals surface area (Å²) in [5.41, 5.74) is 1.75. The number of amides is 2. The van der Waals surface area contributed by atoms with Crippen molar-refractivity contribution in [1.82, 2.24) is 4.90 Å². The zero-order chi connectivity index (χ0) is 16.1. The van der Waals surface area contributed by atoms with E-state index < -0.39 is 0 Å². The maximum Gasteiger partial charge on any atom is 0.321 e. The Morgan fingerprint density at radius 1 is 1.45 bits per heavy atom. The van der Waals surface area contributed by atoms with Crippen molar-refractivity contribution in [1.29, 1.82) is 0 Å². The number of aliphatic hydroxyl groups excluding tert-OH is 1. The predicted octanol–water partition coefficient (Wildman–Crippen LogP) is 3.02. The number of nitrogens with zero attached hydrogens (tertiary/aromatic N) is 1. The summed E-state index contributed by atoms with van der Waals surface area (Å²) < 4.78 is 5.49. The first kappa shape index (κ1) is 16.6. The van der Waals surface area contributed by atoms with Gasteiger partial charge in [-0.25, -0.2) is 4.79 Å². The van der Waals surface area contributed by atoms with Crippen LogP contribution in [0.1, 0.15) is 31.7 Å². The smallest absolute Gasteiger partial charge is 0.321 e. The van der Waals surface area contributed by atoms with Crippen LogP contribution in [0, 0.1) is 12.8 Å². The lowest BCUT2D eigenvalue weighted by Gasteiger charge is -2.23. The number of nitrogens with one attached hydrogen (secondary N) is 1. The zero-order valence-electron chi connectivity index (χ0n) is 13.6. The molecule has 0 saturated heterocycles. The van der Waals surface area contributed by atoms with Gasteiger partial charge in [0.15, 0.2) is 0 Å². The molecule has 22 heavy (non-hydrogen) atoms. The SMILES string of the molecule is CCOc1ccc(NC(=O)N(C)CC2CCCC2O)cc1C. The van der Waals surface area contributed by atoms with E-state index in [0.717, 1.165) is 36.3 Å². The molecule has 0 heterocycles. The Morgan fingerprint density at radius 2 is 2.23 bits per heavy atom. The van der Waals surface area contributed by atoms with Crippen LogP contribution in [-0.2, 0) is 0 Å². The first-order chi connectivity index (χ1) is 10.5. The normalized spacial score (nSPS) is 20.7. The van der Waals surface area contributed by atoms with Crippen molar-refractivity contribution in [3.8, 4) is 5.75 Å². The van der Waals surface area contributed by atoms with Crippen LogP contribution in [0.3, 0.4) is 0 Å². The molecule has 2 atom stereocenters. The van der Waals surface area contributed by atoms with Gasteiger partial charge in [-0.1, -0.05) is 6.42 Å². The molecule has 0 aromatic heterocycles. The van der Waals surface area contributed by atoms with Crippen LogP contribution in [0.5, 0.6) is 5.75 Å². The van der Waals surface area contributed by atoms with Gasteiger partial charge >= 0.3 is 6.03 Å². The van der Waals surface area contributed by atoms with Crippen molar-refractivity contribution in [2.45, 2.75) is 39.2 Å². The van der Waals surface area contributed by atoms with Crippen LogP contribution in [0.15, 0.2) is 18.2 Å². The van der Waals surface area contributed by atoms with Crippen molar-refractivity contribution >= 4 is 11.7 Å². The van der Waals surface area contributed by atoms with Crippen LogP contribution >= 0.6 is 0 Å². The topological polar surface area (TPSA) is 61.8 Å². The fourth-order valence-electron chi connectivity index (χ4n) is 2.93. The molecule has 0 spiro atoms. The Hall–Kier alpha value is -1.75. The second-order valence-corrected chi connectivity index (χ2v) is 5.98. The summed E-state index contributed by atoms with van der Waals surface area (Å²) in [6, 6.07) is 5.47. The fourth-order valence-corrected chi connectivity index (χ4v) is 2.93. The van der Waals surface area contributed by atoms with E-state index in [9.17, 15) is 9.90 Å². The molecule has 1 aliphatic carbocycles. The average molecular weight is 306 g/mol. The number of carbonyl (C=O) groups excluding carboxylic acids is 1. The molecule has 122 valence electrons. The summed E-state index contributed by atoms with van der Waals surface area (Å²) in [4.78, 5) is 13.9. The van der Waals surface area contributed by atoms with Crippen molar-refractivity contribution in [2.24, 2.45) is 5.92 Å². The van der Waals surface area contributed by atoms with Gasteiger partial charge in [0.05, 0.1) is 12.7 Å². The maximum absolute atomic E-state index is 12.2. The van der Waals surface area contributed by atoms with Gasteiger partial charge in [-0.2, -0.15) is 0 Å². The lowest BCUT2D eigenvalue weighted by Crippen LogP contribution is -2.37. The van der Waals surface area contributed by atoms with Gasteiger partial charge in [0.25, 0.3) is 0 Å². The molecule has 2 rings (SSSR count). The van der Waals surface area contributed by atoms with E-state index >= 15 is 0 Å². The van der Waals surface area contributed by atoms with Gasteiger partial charge in [0, 0.05) is 25.2 Å². The molecule has 0 radical (unpaired) electrons. The number of ether oxygens (including phenoxy) is 1. The Balaban J connectivity index is 1.92. The van der Waals surface area contributed by atoms with Crippen LogP contribution < -0.4 is 10.1 Å². The number of anilines is 1. The van der Waals surface area contributed by atoms with E-state index in [-0.39, 0.29) is 18.1 Å². The first-order valence-corrected chi connectivity index (χ1v) is 7.95. The lowest BCUT2D eigenvalue weighted by atomic mass is 10.1. The third-order valence-electron chi connectivity index (χ3n) is 4.20. The maximum atomic E-state index is 12.2. The monoisotopic (exact) mass is 306 g/mol. The minimum Gasteiger partial charge on any atom is -0.494 e. The van der Waals surface area contributed by atoms with Crippen molar-refractivity contribution in [3.05, 3.63) is 23.8 Å². The van der Waals surface area contributed by atoms with E-state index in [1.54, 1.807) is 11.9 Å². The number of rotatable bonds is 5. The second kappa shape index (κ2) is 7.49. The molecule has 0 aliphatic heterocycles. The quantitative estimate of drug-likeness (QED) is 0.879. The number of hydrogen-bond acceptors (Lipinski definition) is 3. The molecular weight excluding hydrogens is 280 g/mol. The fraction of sp³-hybridized carbons (Fsp3) is 0.588. The molecule has 1 fully saturated rings. The van der Waals surface area contributed by atoms with Gasteiger partial charge in [-0.3, -0.25) is 0 Å². The summed E-state index contributed by atoms with van der Waals surface area (Å²) in [7, 11) is 1.77. The van der Waals surface area contributed by atoms with E-state index in [0.29, 0.717) is 13.2 Å². The minimum atomic E-state index is -0.275. The van der Waals surface area contributed by atoms with Gasteiger partial charge < -0.3 is 20.1 Å². The van der Waals surface area contributed by atoms with Crippen molar-refractivity contribution in [3.63, 3.8) is 0 Å². The average Bonchev–Trinajstić information content (AvgIpc) is 2.87. The standard InChI is InChI=1S/C17H26N2O3/c1-4-22-16-9-8-14(10-12(16)2)18-17(21)19(3)11-13-6-5-7-15(13)20/h8-10,13,15,20H,4-7,11H2,1-3H3,(H,18,21). The number of aliphatic hydroxyl groups is 1. The summed E-state index contributed by atoms with van der Waals surface area (Å²) >= 11 is 0. The summed E-state index contributed by atoms with van der Waals surface area (Å²) in [5.74, 6) is 1.03. The Bertz CT molecular complexity index is 519. The van der Waals surface area contributed by atoms with Crippen LogP contribution in [0.4, 0.5) is 10.5 Å². The molecule has 2 N–H and O–H groups in total. The highest BCUT2D eigenvalue weighted by Gasteiger charge is 2.27. The molecule has 5 nitrogen and oxygen atoms in total. The van der Waals surface area contributed by atoms with Gasteiger partial charge in [-0.15, -0.1) is 0 Å². The van der Waals surface area contributed by atoms with Gasteiger partial charge in [0.2, 0.25) is 0 Å². The second-order valence-electron chi connectivity index (χ2n) is 5.98. The minimum absolute atomic E-state index is 0.150. The summed E-state index contributed by atoms with van der Waals surface area (Å²) in [6.07, 6.45) is 2.60. The predicted molar refractivity (Wildman–Crippen MR) is 87.3 cm³/mol. The highest BCUT2D eigenvalue weighted by atomic mass is 16.5. The first-order valence-electron chi connectivity index (χ1n) is 7.95. The third-order valence-corrected chi connectivity index (χ3v) is 4.20. The third kappa shape index (κ3) is 4.13. The number of urea groups is 1. The van der Waals surface area contributed by atoms with Crippen LogP contribution in [-0.4, -0.2) is 42.3 Å². The zero-order valence-corrected chi connectivity index (χ0v) is 13.6. The largest absolute Gasteiger partial charge is 0.494 e. The van der Waals surface area contributed by atoms with Crippen molar-refractivity contribution in [2.75, 3.05) is 25.5 Å². The molecule has 5 heteroatoms. The van der Waals surface area contributed by atoms with Crippen LogP contribution in [0.25, 0.3) is 0 Å². The lowest BCUT2D eigenvalue weighted by molar-refractivity contribution is 0.116. The molecule has 1 aromatic carbocycles. The molecule has 1 saturated carbocycles. The highest BCUT2D eigenvalue weighted by Crippen LogP contribution is 2.26. The number of benzene rings is 1. The van der Waals surface area contributed by atoms with Crippen molar-refractivity contribution < 1.29 is 14.6 Å².